The molecule has 1 atom stereocenters. The third kappa shape index (κ3) is 3.98. The van der Waals surface area contributed by atoms with E-state index < -0.39 is 0 Å². The minimum Gasteiger partial charge on any atom is -0.354 e. The number of hydrogen-bond acceptors (Lipinski definition) is 4. The summed E-state index contributed by atoms with van der Waals surface area (Å²) in [5.74, 6) is 0.893. The summed E-state index contributed by atoms with van der Waals surface area (Å²) in [6, 6.07) is 1.95. The van der Waals surface area contributed by atoms with Crippen LogP contribution in [0.3, 0.4) is 0 Å². The maximum absolute atomic E-state index is 12.6. The fourth-order valence-electron chi connectivity index (χ4n) is 3.78. The number of hydrogen-bond donors (Lipinski definition) is 1. The fourth-order valence-corrected chi connectivity index (χ4v) is 4.88. The van der Waals surface area contributed by atoms with Gasteiger partial charge in [0.05, 0.1) is 4.88 Å². The van der Waals surface area contributed by atoms with Crippen molar-refractivity contribution in [3.63, 3.8) is 0 Å². The van der Waals surface area contributed by atoms with Gasteiger partial charge in [-0.2, -0.15) is 0 Å². The average Bonchev–Trinajstić information content (AvgIpc) is 3.02. The maximum atomic E-state index is 12.6. The van der Waals surface area contributed by atoms with Gasteiger partial charge >= 0.3 is 0 Å². The topological polar surface area (TPSA) is 52.7 Å². The Hall–Kier alpha value is -1.40. The van der Waals surface area contributed by atoms with E-state index in [1.54, 1.807) is 18.4 Å². The monoisotopic (exact) mass is 349 g/mol. The molecule has 132 valence electrons. The molecule has 0 saturated carbocycles. The van der Waals surface area contributed by atoms with Gasteiger partial charge in [-0.3, -0.25) is 9.59 Å². The number of fused-ring (bicyclic) bond motifs is 1. The van der Waals surface area contributed by atoms with E-state index in [1.807, 2.05) is 11.0 Å². The van der Waals surface area contributed by atoms with Crippen molar-refractivity contribution in [2.75, 3.05) is 33.7 Å². The Balaban J connectivity index is 1.53. The van der Waals surface area contributed by atoms with Gasteiger partial charge in [-0.1, -0.05) is 0 Å². The summed E-state index contributed by atoms with van der Waals surface area (Å²) in [6.07, 6.45) is 5.02. The number of carbonyl (C=O) groups excluding carboxylic acids is 2. The first-order valence-electron chi connectivity index (χ1n) is 8.86. The molecule has 2 amide bonds. The number of thiophene rings is 1. The van der Waals surface area contributed by atoms with E-state index in [1.165, 1.54) is 24.3 Å². The molecule has 2 aliphatic rings. The molecule has 3 heterocycles. The van der Waals surface area contributed by atoms with Gasteiger partial charge < -0.3 is 15.1 Å². The first kappa shape index (κ1) is 17.4. The normalized spacial score (nSPS) is 21.4. The lowest BCUT2D eigenvalue weighted by Gasteiger charge is -2.31. The lowest BCUT2D eigenvalue weighted by molar-refractivity contribution is -0.132. The van der Waals surface area contributed by atoms with E-state index in [0.29, 0.717) is 18.9 Å². The number of likely N-dealkylation sites (tertiary alicyclic amines) is 1. The van der Waals surface area contributed by atoms with Gasteiger partial charge in [-0.25, -0.2) is 0 Å². The molecule has 3 rings (SSSR count). The van der Waals surface area contributed by atoms with Crippen LogP contribution >= 0.6 is 11.3 Å². The van der Waals surface area contributed by atoms with Crippen molar-refractivity contribution in [3.8, 4) is 0 Å². The van der Waals surface area contributed by atoms with E-state index in [2.05, 4.69) is 17.3 Å². The smallest absolute Gasteiger partial charge is 0.261 e. The Morgan fingerprint density at radius 1 is 1.38 bits per heavy atom. The standard InChI is InChI=1S/C18H27N3O2S/c1-19-18(23)16-10-14-12-21(9-7-15(14)24-16)17(22)6-5-13-4-3-8-20(2)11-13/h10,13H,3-9,11-12H2,1-2H3,(H,19,23). The molecule has 2 aliphatic heterocycles. The van der Waals surface area contributed by atoms with Crippen LogP contribution in [0.25, 0.3) is 0 Å². The summed E-state index contributed by atoms with van der Waals surface area (Å²) < 4.78 is 0. The quantitative estimate of drug-likeness (QED) is 0.906. The SMILES string of the molecule is CNC(=O)c1cc2c(s1)CCN(C(=O)CCC1CCCN(C)C1)C2. The van der Waals surface area contributed by atoms with Crippen LogP contribution in [0.2, 0.25) is 0 Å². The van der Waals surface area contributed by atoms with Crippen LogP contribution in [0, 0.1) is 5.92 Å². The molecule has 1 aromatic rings. The predicted octanol–water partition coefficient (Wildman–Crippen LogP) is 2.11. The average molecular weight is 350 g/mol. The molecule has 1 fully saturated rings. The van der Waals surface area contributed by atoms with Gasteiger partial charge in [0.2, 0.25) is 5.91 Å². The van der Waals surface area contributed by atoms with Crippen LogP contribution in [-0.2, 0) is 17.8 Å². The van der Waals surface area contributed by atoms with Crippen molar-refractivity contribution < 1.29 is 9.59 Å². The minimum absolute atomic E-state index is 0.0336. The summed E-state index contributed by atoms with van der Waals surface area (Å²) in [4.78, 5) is 30.7. The Morgan fingerprint density at radius 3 is 2.96 bits per heavy atom. The summed E-state index contributed by atoms with van der Waals surface area (Å²) in [5.41, 5.74) is 1.15. The van der Waals surface area contributed by atoms with E-state index in [-0.39, 0.29) is 11.8 Å². The van der Waals surface area contributed by atoms with Gasteiger partial charge in [0.15, 0.2) is 0 Å². The van der Waals surface area contributed by atoms with E-state index in [9.17, 15) is 9.59 Å². The minimum atomic E-state index is -0.0336. The highest BCUT2D eigenvalue weighted by molar-refractivity contribution is 7.14. The second-order valence-corrected chi connectivity index (χ2v) is 8.15. The highest BCUT2D eigenvalue weighted by Gasteiger charge is 2.25. The van der Waals surface area contributed by atoms with Crippen LogP contribution in [-0.4, -0.2) is 55.3 Å². The molecule has 5 nitrogen and oxygen atoms in total. The highest BCUT2D eigenvalue weighted by atomic mass is 32.1. The van der Waals surface area contributed by atoms with Crippen molar-refractivity contribution >= 4 is 23.2 Å². The van der Waals surface area contributed by atoms with Crippen LogP contribution in [0.4, 0.5) is 0 Å². The van der Waals surface area contributed by atoms with Crippen LogP contribution in [0.5, 0.6) is 0 Å². The maximum Gasteiger partial charge on any atom is 0.261 e. The van der Waals surface area contributed by atoms with Crippen LogP contribution in [0.15, 0.2) is 6.07 Å². The molecular formula is C18H27N3O2S. The third-order valence-electron chi connectivity index (χ3n) is 5.16. The number of nitrogens with one attached hydrogen (secondary N) is 1. The van der Waals surface area contributed by atoms with Gasteiger partial charge in [-0.05, 0) is 56.8 Å². The fraction of sp³-hybridized carbons (Fsp3) is 0.667. The molecule has 1 aromatic heterocycles. The van der Waals surface area contributed by atoms with E-state index in [0.717, 1.165) is 36.4 Å². The second-order valence-electron chi connectivity index (χ2n) is 7.01. The molecule has 24 heavy (non-hydrogen) atoms. The lowest BCUT2D eigenvalue weighted by Crippen LogP contribution is -2.36. The van der Waals surface area contributed by atoms with Gasteiger partial charge in [-0.15, -0.1) is 11.3 Å². The molecule has 1 unspecified atom stereocenters. The van der Waals surface area contributed by atoms with Crippen LogP contribution < -0.4 is 5.32 Å². The summed E-state index contributed by atoms with van der Waals surface area (Å²) in [7, 11) is 3.82. The molecule has 0 aliphatic carbocycles. The Labute approximate surface area is 148 Å². The molecule has 1 N–H and O–H groups in total. The molecule has 0 spiro atoms. The van der Waals surface area contributed by atoms with E-state index in [4.69, 9.17) is 0 Å². The lowest BCUT2D eigenvalue weighted by atomic mass is 9.93. The van der Waals surface area contributed by atoms with Crippen LogP contribution in [0.1, 0.15) is 45.8 Å². The van der Waals surface area contributed by atoms with Crippen molar-refractivity contribution in [2.24, 2.45) is 5.92 Å². The van der Waals surface area contributed by atoms with Crippen molar-refractivity contribution in [1.29, 1.82) is 0 Å². The van der Waals surface area contributed by atoms with E-state index >= 15 is 0 Å². The van der Waals surface area contributed by atoms with Gasteiger partial charge in [0.25, 0.3) is 5.91 Å². The zero-order chi connectivity index (χ0) is 17.1. The molecule has 0 radical (unpaired) electrons. The summed E-state index contributed by atoms with van der Waals surface area (Å²) >= 11 is 1.56. The Bertz CT molecular complexity index is 613. The van der Waals surface area contributed by atoms with Gasteiger partial charge in [0, 0.05) is 38.0 Å². The third-order valence-corrected chi connectivity index (χ3v) is 6.39. The summed E-state index contributed by atoms with van der Waals surface area (Å²) in [6.45, 7) is 3.75. The highest BCUT2D eigenvalue weighted by Crippen LogP contribution is 2.29. The van der Waals surface area contributed by atoms with Gasteiger partial charge in [0.1, 0.15) is 0 Å². The molecular weight excluding hydrogens is 322 g/mol. The summed E-state index contributed by atoms with van der Waals surface area (Å²) in [5, 5.41) is 2.67. The first-order chi connectivity index (χ1) is 11.6. The first-order valence-corrected chi connectivity index (χ1v) is 9.68. The Kier molecular flexibility index (Phi) is 5.56. The molecule has 0 bridgehead atoms. The zero-order valence-corrected chi connectivity index (χ0v) is 15.5. The number of nitrogens with zero attached hydrogens (tertiary/aromatic N) is 2. The molecule has 6 heteroatoms. The zero-order valence-electron chi connectivity index (χ0n) is 14.6. The van der Waals surface area contributed by atoms with Crippen molar-refractivity contribution in [1.82, 2.24) is 15.1 Å². The largest absolute Gasteiger partial charge is 0.354 e. The number of piperidine rings is 1. The second kappa shape index (κ2) is 7.66. The van der Waals surface area contributed by atoms with Crippen molar-refractivity contribution in [3.05, 3.63) is 21.4 Å². The predicted molar refractivity (Wildman–Crippen MR) is 96.3 cm³/mol. The number of amides is 2. The Morgan fingerprint density at radius 2 is 2.21 bits per heavy atom. The number of rotatable bonds is 4. The van der Waals surface area contributed by atoms with Crippen molar-refractivity contribution in [2.45, 2.75) is 38.6 Å². The number of carbonyl (C=O) groups is 2. The molecule has 1 saturated heterocycles. The molecule has 0 aromatic carbocycles.